The van der Waals surface area contributed by atoms with Gasteiger partial charge in [-0.3, -0.25) is 5.32 Å². The number of nitrogens with zero attached hydrogens (tertiary/aromatic N) is 3. The smallest absolute Gasteiger partial charge is 0.329 e. The number of carbonyl (C=O) groups is 1. The van der Waals surface area contributed by atoms with E-state index in [0.29, 0.717) is 11.5 Å². The number of nitrogens with one attached hydrogen (secondary N) is 3. The van der Waals surface area contributed by atoms with E-state index in [2.05, 4.69) is 25.6 Å². The Morgan fingerprint density at radius 2 is 1.59 bits per heavy atom. The van der Waals surface area contributed by atoms with Crippen molar-refractivity contribution in [2.45, 2.75) is 30.5 Å². The summed E-state index contributed by atoms with van der Waals surface area (Å²) in [6.07, 6.45) is -1.28. The number of ether oxygens (including phenoxy) is 4. The van der Waals surface area contributed by atoms with Crippen LogP contribution in [0.5, 0.6) is 11.5 Å². The monoisotopic (exact) mass is 626 g/mol. The molecule has 13 nitrogen and oxygen atoms in total. The van der Waals surface area contributed by atoms with E-state index in [1.165, 1.54) is 17.9 Å². The number of anilines is 1. The standard InChI is InChI=1S/C33H34N6O7/c1-34-31(41)38-29-28-30(36-19-35-29)39(32(42)37-28)27-17-25(40)26(46-27)18-45-33(20-7-5-4-6-8-20,21-9-13-23(43-2)14-10-21)22-11-15-24(44-3)16-12-22/h4-16,19,25-27,40H,17-18H2,1-3H3,(H,37,42)(H2,34,35,36,38,41)/t25-,26-,27-/m1/s1. The summed E-state index contributed by atoms with van der Waals surface area (Å²) in [5.74, 6) is 1.52. The molecular formula is C33H34N6O7. The van der Waals surface area contributed by atoms with Gasteiger partial charge >= 0.3 is 11.7 Å². The van der Waals surface area contributed by atoms with E-state index in [9.17, 15) is 14.7 Å². The lowest BCUT2D eigenvalue weighted by Gasteiger charge is -2.37. The fourth-order valence-electron chi connectivity index (χ4n) is 5.77. The predicted octanol–water partition coefficient (Wildman–Crippen LogP) is 3.55. The molecule has 1 aliphatic heterocycles. The second kappa shape index (κ2) is 13.0. The van der Waals surface area contributed by atoms with Gasteiger partial charge in [0, 0.05) is 13.5 Å². The Labute approximate surface area is 264 Å². The van der Waals surface area contributed by atoms with E-state index in [1.54, 1.807) is 14.2 Å². The first kappa shape index (κ1) is 30.8. The Balaban J connectivity index is 1.35. The van der Waals surface area contributed by atoms with Gasteiger partial charge in [0.25, 0.3) is 0 Å². The molecule has 13 heteroatoms. The SMILES string of the molecule is CNC(=O)Nc1ncnc2c1[nH]c(=O)n2[C@H]1C[C@@H](O)[C@@H](COC(c2ccccc2)(c2ccc(OC)cc2)c2ccc(OC)cc2)O1. The summed E-state index contributed by atoms with van der Waals surface area (Å²) in [5, 5.41) is 16.2. The molecule has 3 aromatic carbocycles. The van der Waals surface area contributed by atoms with Gasteiger partial charge in [-0.05, 0) is 41.0 Å². The first-order chi connectivity index (χ1) is 22.4. The third-order valence-corrected chi connectivity index (χ3v) is 8.09. The molecule has 238 valence electrons. The third kappa shape index (κ3) is 5.67. The zero-order valence-electron chi connectivity index (χ0n) is 25.5. The van der Waals surface area contributed by atoms with Crippen molar-refractivity contribution in [1.29, 1.82) is 0 Å². The van der Waals surface area contributed by atoms with Crippen LogP contribution in [0.25, 0.3) is 11.2 Å². The number of fused-ring (bicyclic) bond motifs is 1. The summed E-state index contributed by atoms with van der Waals surface area (Å²) < 4.78 is 25.4. The van der Waals surface area contributed by atoms with Gasteiger partial charge in [0.05, 0.1) is 26.9 Å². The van der Waals surface area contributed by atoms with Crippen LogP contribution in [0.1, 0.15) is 29.3 Å². The van der Waals surface area contributed by atoms with Crippen LogP contribution in [0, 0.1) is 0 Å². The number of carbonyl (C=O) groups excluding carboxylic acids is 1. The highest BCUT2D eigenvalue weighted by Gasteiger charge is 2.42. The van der Waals surface area contributed by atoms with Crippen LogP contribution in [0.4, 0.5) is 10.6 Å². The zero-order valence-corrected chi connectivity index (χ0v) is 25.5. The summed E-state index contributed by atoms with van der Waals surface area (Å²) in [5.41, 5.74) is 1.33. The molecule has 0 spiro atoms. The average molecular weight is 627 g/mol. The number of methoxy groups -OCH3 is 2. The first-order valence-corrected chi connectivity index (χ1v) is 14.6. The van der Waals surface area contributed by atoms with Gasteiger partial charge in [-0.25, -0.2) is 24.1 Å². The molecule has 2 aromatic heterocycles. The minimum Gasteiger partial charge on any atom is -0.497 e. The minimum atomic E-state index is -1.12. The van der Waals surface area contributed by atoms with Crippen molar-refractivity contribution in [3.63, 3.8) is 0 Å². The summed E-state index contributed by atoms with van der Waals surface area (Å²) in [6, 6.07) is 24.5. The molecule has 1 aliphatic rings. The molecule has 3 atom stereocenters. The van der Waals surface area contributed by atoms with Crippen LogP contribution < -0.4 is 25.8 Å². The molecule has 2 amide bonds. The summed E-state index contributed by atoms with van der Waals surface area (Å²) in [6.45, 7) is -0.0276. The van der Waals surface area contributed by atoms with E-state index in [-0.39, 0.29) is 30.0 Å². The van der Waals surface area contributed by atoms with Crippen LogP contribution >= 0.6 is 0 Å². The summed E-state index contributed by atoms with van der Waals surface area (Å²) in [4.78, 5) is 36.1. The maximum Gasteiger partial charge on any atom is 0.329 e. The molecule has 0 bridgehead atoms. The molecule has 1 fully saturated rings. The number of hydrogen-bond donors (Lipinski definition) is 4. The Morgan fingerprint density at radius 1 is 0.978 bits per heavy atom. The number of aromatic nitrogens is 4. The highest BCUT2D eigenvalue weighted by atomic mass is 16.6. The predicted molar refractivity (Wildman–Crippen MR) is 169 cm³/mol. The van der Waals surface area contributed by atoms with Gasteiger partial charge < -0.3 is 34.4 Å². The van der Waals surface area contributed by atoms with Gasteiger partial charge in [-0.2, -0.15) is 0 Å². The molecule has 3 heterocycles. The van der Waals surface area contributed by atoms with Crippen molar-refractivity contribution < 1.29 is 28.8 Å². The number of aliphatic hydroxyl groups is 1. The Bertz CT molecular complexity index is 1810. The van der Waals surface area contributed by atoms with Crippen molar-refractivity contribution in [3.05, 3.63) is 112 Å². The molecule has 46 heavy (non-hydrogen) atoms. The minimum absolute atomic E-state index is 0.0276. The molecule has 6 rings (SSSR count). The lowest BCUT2D eigenvalue weighted by atomic mass is 9.80. The number of amides is 2. The molecule has 0 saturated carbocycles. The second-order valence-electron chi connectivity index (χ2n) is 10.7. The molecule has 4 N–H and O–H groups in total. The fourth-order valence-corrected chi connectivity index (χ4v) is 5.77. The van der Waals surface area contributed by atoms with E-state index in [0.717, 1.165) is 16.7 Å². The largest absolute Gasteiger partial charge is 0.497 e. The molecule has 1 saturated heterocycles. The quantitative estimate of drug-likeness (QED) is 0.170. The van der Waals surface area contributed by atoms with E-state index in [1.807, 2.05) is 78.9 Å². The lowest BCUT2D eigenvalue weighted by Crippen LogP contribution is -2.38. The fraction of sp³-hybridized carbons (Fsp3) is 0.273. The highest BCUT2D eigenvalue weighted by molar-refractivity contribution is 5.95. The maximum absolute atomic E-state index is 13.1. The summed E-state index contributed by atoms with van der Waals surface area (Å²) >= 11 is 0. The third-order valence-electron chi connectivity index (χ3n) is 8.09. The number of rotatable bonds is 10. The molecule has 5 aromatic rings. The number of urea groups is 1. The molecule has 0 aliphatic carbocycles. The van der Waals surface area contributed by atoms with E-state index in [4.69, 9.17) is 18.9 Å². The Hall–Kier alpha value is -5.24. The molecule has 0 radical (unpaired) electrons. The maximum atomic E-state index is 13.1. The topological polar surface area (TPSA) is 162 Å². The van der Waals surface area contributed by atoms with Crippen LogP contribution in [0.2, 0.25) is 0 Å². The van der Waals surface area contributed by atoms with Gasteiger partial charge in [0.15, 0.2) is 11.5 Å². The second-order valence-corrected chi connectivity index (χ2v) is 10.7. The lowest BCUT2D eigenvalue weighted by molar-refractivity contribution is -0.0935. The number of benzene rings is 3. The summed E-state index contributed by atoms with van der Waals surface area (Å²) in [7, 11) is 4.69. The van der Waals surface area contributed by atoms with Crippen LogP contribution in [0.3, 0.4) is 0 Å². The van der Waals surface area contributed by atoms with Crippen molar-refractivity contribution in [2.75, 3.05) is 33.2 Å². The zero-order chi connectivity index (χ0) is 32.3. The first-order valence-electron chi connectivity index (χ1n) is 14.6. The molecular weight excluding hydrogens is 592 g/mol. The number of H-pyrrole nitrogens is 1. The van der Waals surface area contributed by atoms with Gasteiger partial charge in [0.1, 0.15) is 41.3 Å². The highest BCUT2D eigenvalue weighted by Crippen LogP contribution is 2.43. The number of aliphatic hydroxyl groups excluding tert-OH is 1. The number of imidazole rings is 1. The van der Waals surface area contributed by atoms with E-state index >= 15 is 0 Å². The van der Waals surface area contributed by atoms with Crippen LogP contribution in [-0.2, 0) is 15.1 Å². The van der Waals surface area contributed by atoms with Crippen LogP contribution in [0.15, 0.2) is 90.0 Å². The van der Waals surface area contributed by atoms with Gasteiger partial charge in [-0.1, -0.05) is 54.6 Å². The van der Waals surface area contributed by atoms with Crippen LogP contribution in [-0.4, -0.2) is 70.7 Å². The van der Waals surface area contributed by atoms with E-state index < -0.39 is 35.8 Å². The van der Waals surface area contributed by atoms with Crippen molar-refractivity contribution >= 4 is 23.0 Å². The number of hydrogen-bond acceptors (Lipinski definition) is 9. The Kier molecular flexibility index (Phi) is 8.70. The normalized spacial score (nSPS) is 18.0. The average Bonchev–Trinajstić information content (AvgIpc) is 3.64. The van der Waals surface area contributed by atoms with Crippen molar-refractivity contribution in [3.8, 4) is 11.5 Å². The van der Waals surface area contributed by atoms with Crippen molar-refractivity contribution in [1.82, 2.24) is 24.8 Å². The molecule has 0 unspecified atom stereocenters. The van der Waals surface area contributed by atoms with Crippen molar-refractivity contribution in [2.24, 2.45) is 0 Å². The van der Waals surface area contributed by atoms with Gasteiger partial charge in [-0.15, -0.1) is 0 Å². The Morgan fingerprint density at radius 3 is 2.17 bits per heavy atom. The number of aromatic amines is 1. The van der Waals surface area contributed by atoms with Gasteiger partial charge in [0.2, 0.25) is 0 Å².